The minimum atomic E-state index is -0.579. The summed E-state index contributed by atoms with van der Waals surface area (Å²) in [6, 6.07) is 9.24. The number of halogens is 1. The van der Waals surface area contributed by atoms with Gasteiger partial charge in [-0.15, -0.1) is 0 Å². The molecule has 1 aromatic carbocycles. The van der Waals surface area contributed by atoms with Gasteiger partial charge in [0.05, 0.1) is 12.4 Å². The van der Waals surface area contributed by atoms with Crippen molar-refractivity contribution in [2.24, 2.45) is 0 Å². The molecule has 1 N–H and O–H groups in total. The molecule has 0 amide bonds. The Morgan fingerprint density at radius 1 is 1.38 bits per heavy atom. The molecule has 0 aliphatic carbocycles. The van der Waals surface area contributed by atoms with Crippen molar-refractivity contribution in [3.63, 3.8) is 0 Å². The Hall–Kier alpha value is -1.25. The van der Waals surface area contributed by atoms with Crippen molar-refractivity contribution in [1.29, 1.82) is 0 Å². The molecule has 0 fully saturated rings. The lowest BCUT2D eigenvalue weighted by Crippen LogP contribution is -2.01. The van der Waals surface area contributed by atoms with Gasteiger partial charge in [0.2, 0.25) is 0 Å². The quantitative estimate of drug-likeness (QED) is 0.885. The summed E-state index contributed by atoms with van der Waals surface area (Å²) < 4.78 is 5.19. The molecule has 3 heteroatoms. The maximum atomic E-state index is 9.99. The number of benzene rings is 1. The summed E-state index contributed by atoms with van der Waals surface area (Å²) in [6.45, 7) is 1.94. The molecule has 2 aromatic rings. The largest absolute Gasteiger partial charge is 0.469 e. The highest BCUT2D eigenvalue weighted by atomic mass is 35.5. The van der Waals surface area contributed by atoms with Crippen LogP contribution in [-0.2, 0) is 6.42 Å². The third-order valence-electron chi connectivity index (χ3n) is 2.56. The molecule has 1 atom stereocenters. The maximum absolute atomic E-state index is 9.99. The lowest BCUT2D eigenvalue weighted by atomic mass is 10.0. The molecule has 0 spiro atoms. The van der Waals surface area contributed by atoms with Gasteiger partial charge in [-0.2, -0.15) is 0 Å². The maximum Gasteiger partial charge on any atom is 0.106 e. The highest BCUT2D eigenvalue weighted by molar-refractivity contribution is 6.31. The average molecular weight is 237 g/mol. The van der Waals surface area contributed by atoms with Crippen LogP contribution in [0.1, 0.15) is 23.0 Å². The van der Waals surface area contributed by atoms with Crippen LogP contribution >= 0.6 is 11.6 Å². The molecular weight excluding hydrogens is 224 g/mol. The molecule has 0 saturated heterocycles. The molecule has 1 aromatic heterocycles. The molecule has 0 saturated carbocycles. The van der Waals surface area contributed by atoms with E-state index in [1.807, 2.05) is 31.2 Å². The van der Waals surface area contributed by atoms with Crippen LogP contribution in [0.3, 0.4) is 0 Å². The zero-order chi connectivity index (χ0) is 11.5. The predicted molar refractivity (Wildman–Crippen MR) is 63.6 cm³/mol. The topological polar surface area (TPSA) is 33.4 Å². The summed E-state index contributed by atoms with van der Waals surface area (Å²) in [4.78, 5) is 0. The molecule has 0 bridgehead atoms. The minimum absolute atomic E-state index is 0.465. The fraction of sp³-hybridized carbons (Fsp3) is 0.231. The van der Waals surface area contributed by atoms with Crippen LogP contribution < -0.4 is 0 Å². The van der Waals surface area contributed by atoms with Gasteiger partial charge in [0.25, 0.3) is 0 Å². The Bertz CT molecular complexity index is 463. The fourth-order valence-electron chi connectivity index (χ4n) is 1.55. The van der Waals surface area contributed by atoms with Gasteiger partial charge in [0.1, 0.15) is 5.76 Å². The molecule has 1 heterocycles. The van der Waals surface area contributed by atoms with Crippen molar-refractivity contribution in [2.75, 3.05) is 0 Å². The number of hydrogen-bond acceptors (Lipinski definition) is 2. The van der Waals surface area contributed by atoms with Gasteiger partial charge in [0.15, 0.2) is 0 Å². The van der Waals surface area contributed by atoms with E-state index in [0.717, 1.165) is 16.9 Å². The Kier molecular flexibility index (Phi) is 3.32. The first kappa shape index (κ1) is 11.2. The van der Waals surface area contributed by atoms with Gasteiger partial charge in [-0.05, 0) is 36.2 Å². The average Bonchev–Trinajstić information content (AvgIpc) is 2.74. The summed E-state index contributed by atoms with van der Waals surface area (Å²) >= 11 is 6.01. The van der Waals surface area contributed by atoms with Crippen LogP contribution in [0.2, 0.25) is 5.02 Å². The van der Waals surface area contributed by atoms with Gasteiger partial charge in [0, 0.05) is 11.4 Å². The van der Waals surface area contributed by atoms with Gasteiger partial charge in [-0.1, -0.05) is 23.7 Å². The van der Waals surface area contributed by atoms with E-state index < -0.39 is 6.10 Å². The standard InChI is InChI=1S/C13H13ClO2/c1-9-4-5-10(7-12(9)14)13(15)8-11-3-2-6-16-11/h2-7,13,15H,8H2,1H3. The molecule has 84 valence electrons. The molecular formula is C13H13ClO2. The fourth-order valence-corrected chi connectivity index (χ4v) is 1.74. The Morgan fingerprint density at radius 3 is 2.81 bits per heavy atom. The second kappa shape index (κ2) is 4.73. The van der Waals surface area contributed by atoms with Crippen molar-refractivity contribution in [3.05, 3.63) is 58.5 Å². The highest BCUT2D eigenvalue weighted by Crippen LogP contribution is 2.23. The lowest BCUT2D eigenvalue weighted by molar-refractivity contribution is 0.170. The summed E-state index contributed by atoms with van der Waals surface area (Å²) in [5.41, 5.74) is 1.82. The van der Waals surface area contributed by atoms with E-state index >= 15 is 0 Å². The third kappa shape index (κ3) is 2.46. The Morgan fingerprint density at radius 2 is 2.19 bits per heavy atom. The SMILES string of the molecule is Cc1ccc(C(O)Cc2ccco2)cc1Cl. The number of aliphatic hydroxyl groups excluding tert-OH is 1. The summed E-state index contributed by atoms with van der Waals surface area (Å²) in [6.07, 6.45) is 1.49. The molecule has 1 unspecified atom stereocenters. The number of aryl methyl sites for hydroxylation is 1. The number of furan rings is 1. The smallest absolute Gasteiger partial charge is 0.106 e. The van der Waals surface area contributed by atoms with E-state index in [-0.39, 0.29) is 0 Å². The van der Waals surface area contributed by atoms with Crippen molar-refractivity contribution in [1.82, 2.24) is 0 Å². The molecule has 2 nitrogen and oxygen atoms in total. The number of aliphatic hydroxyl groups is 1. The second-order valence-electron chi connectivity index (χ2n) is 3.81. The van der Waals surface area contributed by atoms with Gasteiger partial charge >= 0.3 is 0 Å². The van der Waals surface area contributed by atoms with Gasteiger partial charge in [-0.25, -0.2) is 0 Å². The highest BCUT2D eigenvalue weighted by Gasteiger charge is 2.11. The van der Waals surface area contributed by atoms with E-state index in [0.29, 0.717) is 11.4 Å². The molecule has 16 heavy (non-hydrogen) atoms. The third-order valence-corrected chi connectivity index (χ3v) is 2.96. The minimum Gasteiger partial charge on any atom is -0.469 e. The first-order valence-corrected chi connectivity index (χ1v) is 5.51. The molecule has 0 aliphatic heterocycles. The molecule has 0 aliphatic rings. The zero-order valence-corrected chi connectivity index (χ0v) is 9.74. The Balaban J connectivity index is 2.14. The number of rotatable bonds is 3. The second-order valence-corrected chi connectivity index (χ2v) is 4.22. The first-order chi connectivity index (χ1) is 7.66. The van der Waals surface area contributed by atoms with Crippen molar-refractivity contribution in [2.45, 2.75) is 19.4 Å². The van der Waals surface area contributed by atoms with Crippen LogP contribution in [0, 0.1) is 6.92 Å². The summed E-state index contributed by atoms with van der Waals surface area (Å²) in [5.74, 6) is 0.768. The monoisotopic (exact) mass is 236 g/mol. The van der Waals surface area contributed by atoms with Crippen LogP contribution in [0.25, 0.3) is 0 Å². The van der Waals surface area contributed by atoms with Crippen molar-refractivity contribution in [3.8, 4) is 0 Å². The van der Waals surface area contributed by atoms with E-state index in [4.69, 9.17) is 16.0 Å². The molecule has 0 radical (unpaired) electrons. The zero-order valence-electron chi connectivity index (χ0n) is 8.98. The van der Waals surface area contributed by atoms with Crippen molar-refractivity contribution >= 4 is 11.6 Å². The summed E-state index contributed by atoms with van der Waals surface area (Å²) in [7, 11) is 0. The van der Waals surface area contributed by atoms with E-state index in [2.05, 4.69) is 0 Å². The normalized spacial score (nSPS) is 12.7. The molecule has 2 rings (SSSR count). The van der Waals surface area contributed by atoms with E-state index in [1.54, 1.807) is 12.3 Å². The van der Waals surface area contributed by atoms with Crippen LogP contribution in [0.4, 0.5) is 0 Å². The van der Waals surface area contributed by atoms with Crippen LogP contribution in [0.5, 0.6) is 0 Å². The van der Waals surface area contributed by atoms with Gasteiger partial charge in [-0.3, -0.25) is 0 Å². The summed E-state index contributed by atoms with van der Waals surface area (Å²) in [5, 5.41) is 10.7. The van der Waals surface area contributed by atoms with Gasteiger partial charge < -0.3 is 9.52 Å². The lowest BCUT2D eigenvalue weighted by Gasteiger charge is -2.10. The number of hydrogen-bond donors (Lipinski definition) is 1. The van der Waals surface area contributed by atoms with Crippen LogP contribution in [-0.4, -0.2) is 5.11 Å². The van der Waals surface area contributed by atoms with Crippen molar-refractivity contribution < 1.29 is 9.52 Å². The Labute approximate surface area is 99.5 Å². The predicted octanol–water partition coefficient (Wildman–Crippen LogP) is 3.52. The first-order valence-electron chi connectivity index (χ1n) is 5.13. The van der Waals surface area contributed by atoms with E-state index in [1.165, 1.54) is 0 Å². The van der Waals surface area contributed by atoms with E-state index in [9.17, 15) is 5.11 Å². The van der Waals surface area contributed by atoms with Crippen LogP contribution in [0.15, 0.2) is 41.0 Å².